The van der Waals surface area contributed by atoms with Crippen LogP contribution in [0.4, 0.5) is 18.9 Å². The van der Waals surface area contributed by atoms with Gasteiger partial charge in [-0.1, -0.05) is 6.92 Å². The number of benzene rings is 1. The largest absolute Gasteiger partial charge is 0.322 e. The van der Waals surface area contributed by atoms with Crippen LogP contribution in [0.5, 0.6) is 0 Å². The quantitative estimate of drug-likeness (QED) is 0.798. The lowest BCUT2D eigenvalue weighted by atomic mass is 10.2. The molecule has 18 heavy (non-hydrogen) atoms. The fourth-order valence-electron chi connectivity index (χ4n) is 1.23. The summed E-state index contributed by atoms with van der Waals surface area (Å²) >= 11 is 0. The normalized spacial score (nSPS) is 12.3. The molecule has 1 amide bonds. The van der Waals surface area contributed by atoms with Crippen LogP contribution in [0.3, 0.4) is 0 Å². The number of carbonyl (C=O) groups excluding carboxylic acids is 1. The lowest BCUT2D eigenvalue weighted by Crippen LogP contribution is -2.34. The number of nitrogens with one attached hydrogen (secondary N) is 2. The van der Waals surface area contributed by atoms with Gasteiger partial charge in [-0.05, 0) is 25.5 Å². The average molecular weight is 260 g/mol. The molecule has 1 aromatic rings. The van der Waals surface area contributed by atoms with E-state index in [1.54, 1.807) is 0 Å². The van der Waals surface area contributed by atoms with Gasteiger partial charge >= 0.3 is 0 Å². The maximum atomic E-state index is 13.2. The summed E-state index contributed by atoms with van der Waals surface area (Å²) in [4.78, 5) is 11.4. The highest BCUT2D eigenvalue weighted by molar-refractivity contribution is 5.92. The third kappa shape index (κ3) is 3.73. The van der Waals surface area contributed by atoms with E-state index in [0.29, 0.717) is 0 Å². The van der Waals surface area contributed by atoms with E-state index >= 15 is 0 Å². The zero-order valence-corrected chi connectivity index (χ0v) is 10.2. The third-order valence-corrected chi connectivity index (χ3v) is 2.53. The second kappa shape index (κ2) is 6.39. The maximum absolute atomic E-state index is 13.2. The Morgan fingerprint density at radius 2 is 1.94 bits per heavy atom. The second-order valence-electron chi connectivity index (χ2n) is 3.96. The maximum Gasteiger partial charge on any atom is 0.238 e. The van der Waals surface area contributed by atoms with Crippen LogP contribution in [-0.4, -0.2) is 18.5 Å². The lowest BCUT2D eigenvalue weighted by molar-refractivity contribution is -0.115. The van der Waals surface area contributed by atoms with Crippen molar-refractivity contribution in [1.29, 1.82) is 0 Å². The van der Waals surface area contributed by atoms with Crippen LogP contribution in [0.1, 0.15) is 20.3 Å². The van der Waals surface area contributed by atoms with Crippen LogP contribution in [0.15, 0.2) is 12.1 Å². The molecule has 0 bridgehead atoms. The molecule has 0 radical (unpaired) electrons. The molecule has 0 aliphatic heterocycles. The predicted molar refractivity (Wildman–Crippen MR) is 62.7 cm³/mol. The SMILES string of the molecule is CCC(C)NCC(=O)Nc1ccc(F)c(F)c1F. The van der Waals surface area contributed by atoms with Gasteiger partial charge in [0.1, 0.15) is 0 Å². The van der Waals surface area contributed by atoms with E-state index in [1.807, 2.05) is 13.8 Å². The van der Waals surface area contributed by atoms with Crippen molar-refractivity contribution in [2.24, 2.45) is 0 Å². The van der Waals surface area contributed by atoms with Gasteiger partial charge in [0, 0.05) is 6.04 Å². The zero-order valence-electron chi connectivity index (χ0n) is 10.2. The van der Waals surface area contributed by atoms with Gasteiger partial charge < -0.3 is 10.6 Å². The van der Waals surface area contributed by atoms with Gasteiger partial charge in [0.05, 0.1) is 12.2 Å². The highest BCUT2D eigenvalue weighted by atomic mass is 19.2. The van der Waals surface area contributed by atoms with E-state index in [4.69, 9.17) is 0 Å². The Morgan fingerprint density at radius 3 is 2.56 bits per heavy atom. The van der Waals surface area contributed by atoms with Crippen LogP contribution in [0.25, 0.3) is 0 Å². The van der Waals surface area contributed by atoms with Gasteiger partial charge in [0.15, 0.2) is 17.5 Å². The molecule has 0 aliphatic rings. The molecular weight excluding hydrogens is 245 g/mol. The molecule has 0 fully saturated rings. The number of halogens is 3. The Bertz CT molecular complexity index is 438. The number of anilines is 1. The molecule has 2 N–H and O–H groups in total. The Hall–Kier alpha value is -1.56. The summed E-state index contributed by atoms with van der Waals surface area (Å²) in [5.41, 5.74) is -0.371. The van der Waals surface area contributed by atoms with Gasteiger partial charge in [-0.25, -0.2) is 13.2 Å². The molecule has 0 spiro atoms. The molecule has 3 nitrogen and oxygen atoms in total. The first-order chi connectivity index (χ1) is 8.45. The number of hydrogen-bond donors (Lipinski definition) is 2. The minimum Gasteiger partial charge on any atom is -0.322 e. The van der Waals surface area contributed by atoms with Crippen molar-refractivity contribution in [3.63, 3.8) is 0 Å². The molecule has 100 valence electrons. The van der Waals surface area contributed by atoms with Crippen molar-refractivity contribution in [3.8, 4) is 0 Å². The summed E-state index contributed by atoms with van der Waals surface area (Å²) in [6.07, 6.45) is 0.840. The third-order valence-electron chi connectivity index (χ3n) is 2.53. The topological polar surface area (TPSA) is 41.1 Å². The molecule has 0 aromatic heterocycles. The lowest BCUT2D eigenvalue weighted by Gasteiger charge is -2.11. The van der Waals surface area contributed by atoms with E-state index in [0.717, 1.165) is 18.6 Å². The summed E-state index contributed by atoms with van der Waals surface area (Å²) in [7, 11) is 0. The molecule has 6 heteroatoms. The molecular formula is C12H15F3N2O. The number of amides is 1. The van der Waals surface area contributed by atoms with Crippen LogP contribution in [0.2, 0.25) is 0 Å². The van der Waals surface area contributed by atoms with Crippen molar-refractivity contribution in [1.82, 2.24) is 5.32 Å². The van der Waals surface area contributed by atoms with Crippen LogP contribution in [-0.2, 0) is 4.79 Å². The van der Waals surface area contributed by atoms with E-state index in [-0.39, 0.29) is 18.3 Å². The van der Waals surface area contributed by atoms with Crippen LogP contribution in [0, 0.1) is 17.5 Å². The molecule has 1 aromatic carbocycles. The van der Waals surface area contributed by atoms with Gasteiger partial charge in [0.2, 0.25) is 5.91 Å². The summed E-state index contributed by atoms with van der Waals surface area (Å²) in [5.74, 6) is -4.79. The number of carbonyl (C=O) groups is 1. The van der Waals surface area contributed by atoms with Crippen molar-refractivity contribution >= 4 is 11.6 Å². The summed E-state index contributed by atoms with van der Waals surface area (Å²) in [6, 6.07) is 1.89. The summed E-state index contributed by atoms with van der Waals surface area (Å²) in [6.45, 7) is 3.82. The highest BCUT2D eigenvalue weighted by Crippen LogP contribution is 2.19. The Balaban J connectivity index is 2.63. The fraction of sp³-hybridized carbons (Fsp3) is 0.417. The van der Waals surface area contributed by atoms with E-state index in [1.165, 1.54) is 0 Å². The standard InChI is InChI=1S/C12H15F3N2O/c1-3-7(2)16-6-10(18)17-9-5-4-8(13)11(14)12(9)15/h4-5,7,16H,3,6H2,1-2H3,(H,17,18). The van der Waals surface area contributed by atoms with Gasteiger partial charge in [-0.3, -0.25) is 4.79 Å². The monoisotopic (exact) mass is 260 g/mol. The Kier molecular flexibility index (Phi) is 5.15. The molecule has 0 heterocycles. The molecule has 0 saturated carbocycles. The number of rotatable bonds is 5. The van der Waals surface area contributed by atoms with Crippen LogP contribution < -0.4 is 10.6 Å². The van der Waals surface area contributed by atoms with Gasteiger partial charge in [0.25, 0.3) is 0 Å². The Morgan fingerprint density at radius 1 is 1.28 bits per heavy atom. The molecule has 0 aliphatic carbocycles. The number of hydrogen-bond acceptors (Lipinski definition) is 2. The Labute approximate surface area is 103 Å². The first-order valence-electron chi connectivity index (χ1n) is 5.62. The molecule has 1 unspecified atom stereocenters. The molecule has 0 saturated heterocycles. The first-order valence-corrected chi connectivity index (χ1v) is 5.62. The van der Waals surface area contributed by atoms with Crippen molar-refractivity contribution < 1.29 is 18.0 Å². The minimum absolute atomic E-state index is 0.0204. The van der Waals surface area contributed by atoms with E-state index in [2.05, 4.69) is 10.6 Å². The molecule has 1 rings (SSSR count). The van der Waals surface area contributed by atoms with Gasteiger partial charge in [-0.15, -0.1) is 0 Å². The first kappa shape index (κ1) is 14.5. The fourth-order valence-corrected chi connectivity index (χ4v) is 1.23. The second-order valence-corrected chi connectivity index (χ2v) is 3.96. The smallest absolute Gasteiger partial charge is 0.238 e. The molecule has 1 atom stereocenters. The predicted octanol–water partition coefficient (Wildman–Crippen LogP) is 2.43. The highest BCUT2D eigenvalue weighted by Gasteiger charge is 2.15. The minimum atomic E-state index is -1.59. The van der Waals surface area contributed by atoms with E-state index in [9.17, 15) is 18.0 Å². The zero-order chi connectivity index (χ0) is 13.7. The summed E-state index contributed by atoms with van der Waals surface area (Å²) < 4.78 is 38.8. The van der Waals surface area contributed by atoms with Crippen molar-refractivity contribution in [2.45, 2.75) is 26.3 Å². The van der Waals surface area contributed by atoms with Crippen molar-refractivity contribution in [2.75, 3.05) is 11.9 Å². The average Bonchev–Trinajstić information content (AvgIpc) is 2.36. The van der Waals surface area contributed by atoms with Crippen LogP contribution >= 0.6 is 0 Å². The van der Waals surface area contributed by atoms with Crippen molar-refractivity contribution in [3.05, 3.63) is 29.6 Å². The van der Waals surface area contributed by atoms with E-state index < -0.39 is 23.4 Å². The summed E-state index contributed by atoms with van der Waals surface area (Å²) in [5, 5.41) is 5.07. The van der Waals surface area contributed by atoms with Gasteiger partial charge in [-0.2, -0.15) is 0 Å².